The second kappa shape index (κ2) is 10.5. The van der Waals surface area contributed by atoms with Crippen LogP contribution in [-0.4, -0.2) is 34.5 Å². The van der Waals surface area contributed by atoms with Gasteiger partial charge in [0, 0.05) is 37.8 Å². The van der Waals surface area contributed by atoms with Crippen molar-refractivity contribution in [3.63, 3.8) is 0 Å². The molecule has 1 saturated heterocycles. The van der Waals surface area contributed by atoms with Crippen molar-refractivity contribution >= 4 is 35.1 Å². The lowest BCUT2D eigenvalue weighted by molar-refractivity contribution is -0.117. The quantitative estimate of drug-likeness (QED) is 0.578. The van der Waals surface area contributed by atoms with Gasteiger partial charge in [-0.05, 0) is 42.0 Å². The average Bonchev–Trinajstić information content (AvgIpc) is 3.20. The van der Waals surface area contributed by atoms with Crippen LogP contribution in [0.3, 0.4) is 0 Å². The topological polar surface area (TPSA) is 121 Å². The Morgan fingerprint density at radius 2 is 1.79 bits per heavy atom. The van der Waals surface area contributed by atoms with Crippen molar-refractivity contribution in [2.75, 3.05) is 28.6 Å². The molecular weight excluding hydrogens is 434 g/mol. The molecule has 34 heavy (non-hydrogen) atoms. The maximum atomic E-state index is 13.2. The van der Waals surface area contributed by atoms with Gasteiger partial charge >= 0.3 is 5.69 Å². The fourth-order valence-corrected chi connectivity index (χ4v) is 3.99. The van der Waals surface area contributed by atoms with Crippen molar-refractivity contribution in [3.8, 4) is 0 Å². The molecule has 0 saturated carbocycles. The predicted octanol–water partition coefficient (Wildman–Crippen LogP) is 2.60. The summed E-state index contributed by atoms with van der Waals surface area (Å²) in [6.07, 6.45) is 4.46. The van der Waals surface area contributed by atoms with Crippen LogP contribution in [0.2, 0.25) is 0 Å². The van der Waals surface area contributed by atoms with Gasteiger partial charge in [-0.15, -0.1) is 0 Å². The number of H-pyrrole nitrogens is 1. The van der Waals surface area contributed by atoms with Crippen LogP contribution >= 0.6 is 0 Å². The van der Waals surface area contributed by atoms with E-state index in [-0.39, 0.29) is 35.8 Å². The van der Waals surface area contributed by atoms with E-state index in [9.17, 15) is 19.2 Å². The van der Waals surface area contributed by atoms with Crippen molar-refractivity contribution in [3.05, 3.63) is 56.7 Å². The lowest BCUT2D eigenvalue weighted by Crippen LogP contribution is -2.42. The number of carbonyl (C=O) groups excluding carboxylic acids is 2. The molecule has 0 bridgehead atoms. The Bertz CT molecular complexity index is 1190. The molecule has 2 amide bonds. The molecule has 9 nitrogen and oxygen atoms in total. The summed E-state index contributed by atoms with van der Waals surface area (Å²) in [5.74, 6) is -0.154. The average molecular weight is 468 g/mol. The number of hydrogen-bond donors (Lipinski definition) is 2. The Hall–Kier alpha value is -3.62. The number of nitrogens with two attached hydrogens (primary N) is 1. The van der Waals surface area contributed by atoms with Gasteiger partial charge in [-0.2, -0.15) is 0 Å². The zero-order valence-corrected chi connectivity index (χ0v) is 20.2. The first-order chi connectivity index (χ1) is 16.1. The molecule has 3 N–H and O–H groups in total. The first-order valence-corrected chi connectivity index (χ1v) is 11.6. The number of amides is 2. The highest BCUT2D eigenvalue weighted by molar-refractivity contribution is 6.05. The minimum atomic E-state index is -0.690. The zero-order chi connectivity index (χ0) is 25.0. The van der Waals surface area contributed by atoms with Crippen LogP contribution in [0.4, 0.5) is 17.2 Å². The van der Waals surface area contributed by atoms with Gasteiger partial charge in [0.15, 0.2) is 5.69 Å². The van der Waals surface area contributed by atoms with E-state index in [0.717, 1.165) is 17.7 Å². The van der Waals surface area contributed by atoms with Crippen LogP contribution < -0.4 is 26.8 Å². The summed E-state index contributed by atoms with van der Waals surface area (Å²) >= 11 is 0. The molecule has 1 aromatic heterocycles. The highest BCUT2D eigenvalue weighted by Crippen LogP contribution is 2.23. The van der Waals surface area contributed by atoms with Crippen molar-refractivity contribution in [1.82, 2.24) is 9.55 Å². The summed E-state index contributed by atoms with van der Waals surface area (Å²) < 4.78 is 1.30. The highest BCUT2D eigenvalue weighted by Gasteiger charge is 2.24. The van der Waals surface area contributed by atoms with E-state index >= 15 is 0 Å². The Morgan fingerprint density at radius 1 is 1.12 bits per heavy atom. The number of nitrogens with one attached hydrogen (secondary N) is 1. The number of nitrogens with zero attached hydrogens (tertiary/aromatic N) is 3. The number of nitrogen functional groups attached to an aromatic ring is 1. The van der Waals surface area contributed by atoms with E-state index in [2.05, 4.69) is 4.98 Å². The molecule has 182 valence electrons. The van der Waals surface area contributed by atoms with Crippen LogP contribution in [0.5, 0.6) is 0 Å². The molecule has 0 radical (unpaired) electrons. The molecule has 1 fully saturated rings. The fourth-order valence-electron chi connectivity index (χ4n) is 3.99. The molecule has 0 unspecified atom stereocenters. The molecule has 0 spiro atoms. The lowest BCUT2D eigenvalue weighted by atomic mass is 10.1. The van der Waals surface area contributed by atoms with Crippen LogP contribution in [0.25, 0.3) is 6.08 Å². The Morgan fingerprint density at radius 3 is 2.35 bits per heavy atom. The number of hydrogen-bond acceptors (Lipinski definition) is 5. The van der Waals surface area contributed by atoms with Crippen LogP contribution in [-0.2, 0) is 16.1 Å². The van der Waals surface area contributed by atoms with Gasteiger partial charge in [0.2, 0.25) is 5.91 Å². The van der Waals surface area contributed by atoms with Gasteiger partial charge in [0.25, 0.3) is 11.5 Å². The van der Waals surface area contributed by atoms with E-state index in [1.165, 1.54) is 15.5 Å². The Kier molecular flexibility index (Phi) is 7.75. The molecule has 2 aromatic rings. The van der Waals surface area contributed by atoms with Gasteiger partial charge < -0.3 is 15.5 Å². The van der Waals surface area contributed by atoms with E-state index in [0.29, 0.717) is 19.5 Å². The molecule has 2 heterocycles. The molecule has 9 heteroatoms. The number of benzene rings is 1. The van der Waals surface area contributed by atoms with Crippen molar-refractivity contribution in [2.45, 2.75) is 47.1 Å². The van der Waals surface area contributed by atoms with Crippen LogP contribution in [0.15, 0.2) is 39.9 Å². The summed E-state index contributed by atoms with van der Waals surface area (Å²) in [5.41, 5.74) is 6.54. The van der Waals surface area contributed by atoms with Crippen molar-refractivity contribution < 1.29 is 9.59 Å². The molecule has 1 aromatic carbocycles. The second-order valence-corrected chi connectivity index (χ2v) is 9.41. The number of rotatable bonds is 8. The van der Waals surface area contributed by atoms with Crippen LogP contribution in [0.1, 0.15) is 46.1 Å². The van der Waals surface area contributed by atoms with E-state index < -0.39 is 17.2 Å². The standard InChI is InChI=1S/C25H33N5O4/c1-16(2)14-29(22-23(26)30(15-17(3)4)25(34)27-24(22)33)21(32)12-9-18-7-10-19(11-8-18)28-13-5-6-20(28)31/h7-12,16-17H,5-6,13-15,26H2,1-4H3,(H,27,33,34)/b12-9+. The summed E-state index contributed by atoms with van der Waals surface area (Å²) in [6.45, 7) is 9.01. The van der Waals surface area contributed by atoms with Crippen molar-refractivity contribution in [1.29, 1.82) is 0 Å². The third kappa shape index (κ3) is 5.65. The molecule has 1 aliphatic rings. The van der Waals surface area contributed by atoms with Gasteiger partial charge in [-0.25, -0.2) is 4.79 Å². The van der Waals surface area contributed by atoms with E-state index in [1.54, 1.807) is 11.0 Å². The SMILES string of the molecule is CC(C)CN(C(=O)/C=C/c1ccc(N2CCCC2=O)cc1)c1c(N)n(CC(C)C)c(=O)[nH]c1=O. The first kappa shape index (κ1) is 25.0. The van der Waals surface area contributed by atoms with E-state index in [1.807, 2.05) is 52.0 Å². The monoisotopic (exact) mass is 467 g/mol. The highest BCUT2D eigenvalue weighted by atomic mass is 16.2. The maximum absolute atomic E-state index is 13.2. The molecule has 0 aliphatic carbocycles. The van der Waals surface area contributed by atoms with Gasteiger partial charge in [-0.3, -0.25) is 23.9 Å². The number of aromatic amines is 1. The smallest absolute Gasteiger partial charge is 0.330 e. The summed E-state index contributed by atoms with van der Waals surface area (Å²) in [7, 11) is 0. The summed E-state index contributed by atoms with van der Waals surface area (Å²) in [4.78, 5) is 55.5. The molecule has 1 aliphatic heterocycles. The summed E-state index contributed by atoms with van der Waals surface area (Å²) in [5, 5.41) is 0. The lowest BCUT2D eigenvalue weighted by Gasteiger charge is -2.25. The number of anilines is 3. The fraction of sp³-hybridized carbons (Fsp3) is 0.440. The minimum absolute atomic E-state index is 0.0218. The molecule has 0 atom stereocenters. The largest absolute Gasteiger partial charge is 0.383 e. The Balaban J connectivity index is 1.89. The van der Waals surface area contributed by atoms with Crippen LogP contribution in [0, 0.1) is 11.8 Å². The third-order valence-corrected chi connectivity index (χ3v) is 5.54. The van der Waals surface area contributed by atoms with Gasteiger partial charge in [0.05, 0.1) is 0 Å². The second-order valence-electron chi connectivity index (χ2n) is 9.41. The number of aromatic nitrogens is 2. The maximum Gasteiger partial charge on any atom is 0.330 e. The minimum Gasteiger partial charge on any atom is -0.383 e. The van der Waals surface area contributed by atoms with Gasteiger partial charge in [0.1, 0.15) is 5.82 Å². The van der Waals surface area contributed by atoms with Gasteiger partial charge in [-0.1, -0.05) is 39.8 Å². The Labute approximate surface area is 198 Å². The zero-order valence-electron chi connectivity index (χ0n) is 20.2. The number of carbonyl (C=O) groups is 2. The van der Waals surface area contributed by atoms with E-state index in [4.69, 9.17) is 5.73 Å². The first-order valence-electron chi connectivity index (χ1n) is 11.6. The predicted molar refractivity (Wildman–Crippen MR) is 135 cm³/mol. The van der Waals surface area contributed by atoms with Crippen molar-refractivity contribution in [2.24, 2.45) is 11.8 Å². The molecular formula is C25H33N5O4. The third-order valence-electron chi connectivity index (χ3n) is 5.54. The molecule has 3 rings (SSSR count). The summed E-state index contributed by atoms with van der Waals surface area (Å²) in [6, 6.07) is 7.37. The normalized spacial score (nSPS) is 14.1.